The van der Waals surface area contributed by atoms with E-state index in [0.29, 0.717) is 43.1 Å². The Morgan fingerprint density at radius 3 is 2.33 bits per heavy atom. The van der Waals surface area contributed by atoms with Crippen LogP contribution in [-0.2, 0) is 30.8 Å². The minimum atomic E-state index is -4.53. The number of nitro benzene ring substituents is 1. The molecule has 14 nitrogen and oxygen atoms in total. The number of sulfonamides is 1. The number of aryl methyl sites for hydroxylation is 1. The van der Waals surface area contributed by atoms with Crippen LogP contribution in [0.3, 0.4) is 0 Å². The van der Waals surface area contributed by atoms with Gasteiger partial charge in [-0.15, -0.1) is 11.8 Å². The quantitative estimate of drug-likeness (QED) is 0.0443. The molecule has 4 aromatic carbocycles. The van der Waals surface area contributed by atoms with Gasteiger partial charge in [0.25, 0.3) is 21.6 Å². The molecule has 292 valence electrons. The van der Waals surface area contributed by atoms with Gasteiger partial charge in [-0.25, -0.2) is 13.1 Å². The van der Waals surface area contributed by atoms with Gasteiger partial charge >= 0.3 is 0 Å². The summed E-state index contributed by atoms with van der Waals surface area (Å²) in [6.45, 7) is 1.12. The van der Waals surface area contributed by atoms with E-state index in [9.17, 15) is 32.9 Å². The van der Waals surface area contributed by atoms with Crippen LogP contribution in [0.5, 0.6) is 5.75 Å². The lowest BCUT2D eigenvalue weighted by Crippen LogP contribution is -2.32. The molecule has 55 heavy (non-hydrogen) atoms. The van der Waals surface area contributed by atoms with Crippen molar-refractivity contribution in [2.45, 2.75) is 41.5 Å². The fourth-order valence-corrected chi connectivity index (χ4v) is 7.33. The van der Waals surface area contributed by atoms with Crippen LogP contribution in [0.4, 0.5) is 11.4 Å². The third-order valence-electron chi connectivity index (χ3n) is 8.39. The fourth-order valence-electron chi connectivity index (χ4n) is 5.39. The summed E-state index contributed by atoms with van der Waals surface area (Å²) in [5, 5.41) is 18.1. The van der Waals surface area contributed by atoms with Crippen molar-refractivity contribution in [3.8, 4) is 16.9 Å². The van der Waals surface area contributed by atoms with Gasteiger partial charge < -0.3 is 25.0 Å². The number of nitrogens with zero attached hydrogens (tertiary/aromatic N) is 2. The molecule has 0 bridgehead atoms. The standard InChI is InChI=1S/C39H45N5O9S2/c1-43(2)38(46)24-30(26-54-31-9-6-5-7-10-31)41-34-19-17-32(25-35(34)44(48)49)55(50,51)42-39(47)29-15-13-28(14-16-29)33-18-11-27(23-36(33)53-4)12-20-37(45)40-21-8-22-52-3/h5-7,9-11,13-19,23,25,30,41H,8,12,20-22,24,26H2,1-4H3,(H,40,45)(H,42,47)/t30-/m1/s1. The maximum absolute atomic E-state index is 13.3. The van der Waals surface area contributed by atoms with Crippen molar-refractivity contribution in [1.29, 1.82) is 0 Å². The van der Waals surface area contributed by atoms with Crippen LogP contribution in [0, 0.1) is 10.1 Å². The molecule has 0 heterocycles. The largest absolute Gasteiger partial charge is 0.496 e. The first-order valence-corrected chi connectivity index (χ1v) is 19.8. The first-order chi connectivity index (χ1) is 26.3. The summed E-state index contributed by atoms with van der Waals surface area (Å²) in [6, 6.07) is 24.0. The van der Waals surface area contributed by atoms with E-state index < -0.39 is 37.5 Å². The third kappa shape index (κ3) is 12.6. The van der Waals surface area contributed by atoms with Crippen LogP contribution in [0.2, 0.25) is 0 Å². The molecule has 4 aromatic rings. The van der Waals surface area contributed by atoms with E-state index in [0.717, 1.165) is 34.6 Å². The Hall–Kier alpha value is -5.45. The summed E-state index contributed by atoms with van der Waals surface area (Å²) in [7, 11) is 1.83. The molecule has 3 N–H and O–H groups in total. The number of nitro groups is 1. The summed E-state index contributed by atoms with van der Waals surface area (Å²) in [5.41, 5.74) is 1.86. The van der Waals surface area contributed by atoms with E-state index >= 15 is 0 Å². The summed E-state index contributed by atoms with van der Waals surface area (Å²) in [5.74, 6) is -0.231. The van der Waals surface area contributed by atoms with Gasteiger partial charge in [-0.1, -0.05) is 42.5 Å². The van der Waals surface area contributed by atoms with Crippen molar-refractivity contribution in [2.75, 3.05) is 52.5 Å². The molecule has 0 aliphatic rings. The van der Waals surface area contributed by atoms with E-state index in [1.54, 1.807) is 33.3 Å². The summed E-state index contributed by atoms with van der Waals surface area (Å²) < 4.78 is 39.2. The lowest BCUT2D eigenvalue weighted by Gasteiger charge is -2.21. The molecule has 1 atom stereocenters. The van der Waals surface area contributed by atoms with E-state index in [1.807, 2.05) is 53.3 Å². The number of hydrogen-bond donors (Lipinski definition) is 3. The van der Waals surface area contributed by atoms with Gasteiger partial charge in [0.1, 0.15) is 11.4 Å². The molecule has 0 radical (unpaired) electrons. The zero-order chi connectivity index (χ0) is 40.0. The zero-order valence-corrected chi connectivity index (χ0v) is 32.7. The molecule has 0 aliphatic carbocycles. The van der Waals surface area contributed by atoms with E-state index in [4.69, 9.17) is 9.47 Å². The van der Waals surface area contributed by atoms with Gasteiger partial charge in [0.2, 0.25) is 11.8 Å². The SMILES string of the molecule is COCCCNC(=O)CCc1ccc(-c2ccc(C(=O)NS(=O)(=O)c3ccc(N[C@@H](CSc4ccccc4)CC(=O)N(C)C)c([N+](=O)[O-])c3)cc2)c(OC)c1. The Morgan fingerprint density at radius 1 is 0.945 bits per heavy atom. The van der Waals surface area contributed by atoms with Gasteiger partial charge in [0.15, 0.2) is 0 Å². The molecule has 16 heteroatoms. The predicted molar refractivity (Wildman–Crippen MR) is 212 cm³/mol. The Morgan fingerprint density at radius 2 is 1.67 bits per heavy atom. The minimum absolute atomic E-state index is 0.0266. The molecule has 3 amide bonds. The van der Waals surface area contributed by atoms with Crippen LogP contribution in [0.1, 0.15) is 35.2 Å². The van der Waals surface area contributed by atoms with Crippen LogP contribution >= 0.6 is 11.8 Å². The predicted octanol–water partition coefficient (Wildman–Crippen LogP) is 5.53. The number of carbonyl (C=O) groups excluding carboxylic acids is 3. The number of carbonyl (C=O) groups is 3. The third-order valence-corrected chi connectivity index (χ3v) is 10.9. The first-order valence-electron chi connectivity index (χ1n) is 17.3. The number of nitrogens with one attached hydrogen (secondary N) is 3. The second-order valence-corrected chi connectivity index (χ2v) is 15.4. The lowest BCUT2D eigenvalue weighted by atomic mass is 9.99. The molecule has 0 unspecified atom stereocenters. The summed E-state index contributed by atoms with van der Waals surface area (Å²) in [4.78, 5) is 51.2. The summed E-state index contributed by atoms with van der Waals surface area (Å²) >= 11 is 1.47. The maximum Gasteiger partial charge on any atom is 0.293 e. The first kappa shape index (κ1) is 42.3. The highest BCUT2D eigenvalue weighted by Gasteiger charge is 2.26. The Bertz CT molecular complexity index is 2060. The highest BCUT2D eigenvalue weighted by Crippen LogP contribution is 2.32. The Balaban J connectivity index is 1.44. The minimum Gasteiger partial charge on any atom is -0.496 e. The summed E-state index contributed by atoms with van der Waals surface area (Å²) in [6.07, 6.45) is 1.59. The topological polar surface area (TPSA) is 186 Å². The zero-order valence-electron chi connectivity index (χ0n) is 31.1. The number of anilines is 1. The van der Waals surface area contributed by atoms with Gasteiger partial charge in [0.05, 0.1) is 16.9 Å². The molecule has 0 saturated carbocycles. The molecule has 0 aliphatic heterocycles. The molecular weight excluding hydrogens is 747 g/mol. The molecule has 0 saturated heterocycles. The lowest BCUT2D eigenvalue weighted by molar-refractivity contribution is -0.384. The normalized spacial score (nSPS) is 11.6. The van der Waals surface area contributed by atoms with Gasteiger partial charge in [-0.05, 0) is 66.4 Å². The van der Waals surface area contributed by atoms with Crippen LogP contribution in [0.25, 0.3) is 11.1 Å². The second kappa shape index (κ2) is 20.3. The number of methoxy groups -OCH3 is 2. The van der Waals surface area contributed by atoms with Crippen LogP contribution in [0.15, 0.2) is 101 Å². The molecule has 0 spiro atoms. The van der Waals surface area contributed by atoms with E-state index in [-0.39, 0.29) is 29.5 Å². The average molecular weight is 792 g/mol. The number of thioether (sulfide) groups is 1. The van der Waals surface area contributed by atoms with Crippen LogP contribution < -0.4 is 20.1 Å². The van der Waals surface area contributed by atoms with Gasteiger partial charge in [0, 0.05) is 81.1 Å². The number of benzene rings is 4. The number of amides is 3. The Labute approximate surface area is 325 Å². The van der Waals surface area contributed by atoms with Crippen molar-refractivity contribution in [3.63, 3.8) is 0 Å². The van der Waals surface area contributed by atoms with Gasteiger partial charge in [-0.3, -0.25) is 24.5 Å². The number of rotatable bonds is 20. The monoisotopic (exact) mass is 791 g/mol. The van der Waals surface area contributed by atoms with Crippen molar-refractivity contribution < 1.29 is 37.2 Å². The van der Waals surface area contributed by atoms with Crippen molar-refractivity contribution in [1.82, 2.24) is 14.9 Å². The van der Waals surface area contributed by atoms with Crippen molar-refractivity contribution >= 4 is 50.9 Å². The molecule has 0 aromatic heterocycles. The van der Waals surface area contributed by atoms with E-state index in [1.165, 1.54) is 42.0 Å². The van der Waals surface area contributed by atoms with Crippen LogP contribution in [-0.4, -0.2) is 89.2 Å². The van der Waals surface area contributed by atoms with Crippen molar-refractivity contribution in [3.05, 3.63) is 112 Å². The Kier molecular flexibility index (Phi) is 15.6. The second-order valence-electron chi connectivity index (χ2n) is 12.6. The fraction of sp³-hybridized carbons (Fsp3) is 0.308. The van der Waals surface area contributed by atoms with Crippen molar-refractivity contribution in [2.24, 2.45) is 0 Å². The van der Waals surface area contributed by atoms with Gasteiger partial charge in [-0.2, -0.15) is 0 Å². The highest BCUT2D eigenvalue weighted by atomic mass is 32.2. The molecular formula is C39H45N5O9S2. The number of ether oxygens (including phenoxy) is 2. The average Bonchev–Trinajstić information content (AvgIpc) is 3.17. The smallest absolute Gasteiger partial charge is 0.293 e. The molecule has 4 rings (SSSR count). The highest BCUT2D eigenvalue weighted by molar-refractivity contribution is 7.99. The molecule has 0 fully saturated rings. The maximum atomic E-state index is 13.3. The van der Waals surface area contributed by atoms with E-state index in [2.05, 4.69) is 10.6 Å². The number of hydrogen-bond acceptors (Lipinski definition) is 11.